The first-order valence-corrected chi connectivity index (χ1v) is 5.96. The third-order valence-corrected chi connectivity index (χ3v) is 3.33. The van der Waals surface area contributed by atoms with Gasteiger partial charge in [0.1, 0.15) is 0 Å². The minimum atomic E-state index is -0.0393. The standard InChI is InChI=1S/C12H8Cl3NO/c13-9-4-11(15)10(14)3-8(9)12-2-1-7(6-17)5-16-12/h1-5,17H,6H2. The van der Waals surface area contributed by atoms with Crippen molar-refractivity contribution in [1.29, 1.82) is 0 Å². The van der Waals surface area contributed by atoms with Gasteiger partial charge in [-0.25, -0.2) is 0 Å². The second-order valence-corrected chi connectivity index (χ2v) is 4.68. The first-order chi connectivity index (χ1) is 8.11. The lowest BCUT2D eigenvalue weighted by atomic mass is 10.1. The molecule has 0 atom stereocenters. The molecule has 0 bridgehead atoms. The average Bonchev–Trinajstić information content (AvgIpc) is 2.34. The quantitative estimate of drug-likeness (QED) is 0.840. The molecule has 0 radical (unpaired) electrons. The molecule has 0 fully saturated rings. The first kappa shape index (κ1) is 12.7. The van der Waals surface area contributed by atoms with E-state index in [1.807, 2.05) is 0 Å². The van der Waals surface area contributed by atoms with Gasteiger partial charge in [-0.15, -0.1) is 0 Å². The molecule has 0 saturated heterocycles. The van der Waals surface area contributed by atoms with Gasteiger partial charge in [0.15, 0.2) is 0 Å². The van der Waals surface area contributed by atoms with Crippen LogP contribution in [-0.4, -0.2) is 10.1 Å². The normalized spacial score (nSPS) is 10.6. The Bertz CT molecular complexity index is 540. The maximum absolute atomic E-state index is 8.93. The summed E-state index contributed by atoms with van der Waals surface area (Å²) in [5.41, 5.74) is 2.14. The number of aliphatic hydroxyl groups is 1. The summed E-state index contributed by atoms with van der Waals surface area (Å²) in [5.74, 6) is 0. The van der Waals surface area contributed by atoms with Crippen LogP contribution < -0.4 is 0 Å². The predicted molar refractivity (Wildman–Crippen MR) is 70.6 cm³/mol. The van der Waals surface area contributed by atoms with E-state index in [0.717, 1.165) is 5.56 Å². The zero-order chi connectivity index (χ0) is 12.4. The molecule has 88 valence electrons. The van der Waals surface area contributed by atoms with Crippen LogP contribution in [-0.2, 0) is 6.61 Å². The molecule has 2 aromatic rings. The molecule has 0 aliphatic rings. The van der Waals surface area contributed by atoms with Crippen molar-refractivity contribution in [2.24, 2.45) is 0 Å². The fourth-order valence-electron chi connectivity index (χ4n) is 1.40. The molecule has 1 heterocycles. The third-order valence-electron chi connectivity index (χ3n) is 2.29. The highest BCUT2D eigenvalue weighted by atomic mass is 35.5. The van der Waals surface area contributed by atoms with E-state index in [0.29, 0.717) is 26.3 Å². The molecule has 0 amide bonds. The smallest absolute Gasteiger partial charge is 0.0717 e. The van der Waals surface area contributed by atoms with Crippen molar-refractivity contribution in [3.63, 3.8) is 0 Å². The van der Waals surface area contributed by atoms with Crippen LogP contribution in [0.4, 0.5) is 0 Å². The van der Waals surface area contributed by atoms with Gasteiger partial charge in [-0.05, 0) is 23.8 Å². The van der Waals surface area contributed by atoms with E-state index in [4.69, 9.17) is 39.9 Å². The molecule has 0 spiro atoms. The number of rotatable bonds is 2. The SMILES string of the molecule is OCc1ccc(-c2cc(Cl)c(Cl)cc2Cl)nc1. The number of nitrogens with zero attached hydrogens (tertiary/aromatic N) is 1. The van der Waals surface area contributed by atoms with Crippen molar-refractivity contribution in [3.05, 3.63) is 51.1 Å². The largest absolute Gasteiger partial charge is 0.392 e. The Balaban J connectivity index is 2.48. The minimum absolute atomic E-state index is 0.0393. The van der Waals surface area contributed by atoms with Gasteiger partial charge in [0.2, 0.25) is 0 Å². The molecule has 0 saturated carbocycles. The summed E-state index contributed by atoms with van der Waals surface area (Å²) < 4.78 is 0. The molecule has 5 heteroatoms. The fourth-order valence-corrected chi connectivity index (χ4v) is 2.04. The number of pyridine rings is 1. The molecule has 1 aromatic carbocycles. The van der Waals surface area contributed by atoms with Gasteiger partial charge in [-0.1, -0.05) is 40.9 Å². The lowest BCUT2D eigenvalue weighted by molar-refractivity contribution is 0.281. The summed E-state index contributed by atoms with van der Waals surface area (Å²) in [7, 11) is 0. The Morgan fingerprint density at radius 2 is 1.71 bits per heavy atom. The molecule has 17 heavy (non-hydrogen) atoms. The zero-order valence-corrected chi connectivity index (χ0v) is 10.9. The second kappa shape index (κ2) is 5.23. The van der Waals surface area contributed by atoms with Gasteiger partial charge in [0.05, 0.1) is 27.4 Å². The highest BCUT2D eigenvalue weighted by Crippen LogP contribution is 2.34. The Labute approximate surface area is 114 Å². The monoisotopic (exact) mass is 287 g/mol. The second-order valence-electron chi connectivity index (χ2n) is 3.46. The molecule has 0 unspecified atom stereocenters. The van der Waals surface area contributed by atoms with Crippen molar-refractivity contribution in [2.45, 2.75) is 6.61 Å². The van der Waals surface area contributed by atoms with Gasteiger partial charge < -0.3 is 5.11 Å². The molecule has 0 aliphatic heterocycles. The van der Waals surface area contributed by atoms with E-state index in [-0.39, 0.29) is 6.61 Å². The number of benzene rings is 1. The summed E-state index contributed by atoms with van der Waals surface area (Å²) in [6.07, 6.45) is 1.59. The molecular weight excluding hydrogens is 280 g/mol. The summed E-state index contributed by atoms with van der Waals surface area (Å²) in [5, 5.41) is 10.3. The van der Waals surface area contributed by atoms with Crippen LogP contribution in [0.3, 0.4) is 0 Å². The van der Waals surface area contributed by atoms with Gasteiger partial charge in [-0.2, -0.15) is 0 Å². The van der Waals surface area contributed by atoms with E-state index >= 15 is 0 Å². The Morgan fingerprint density at radius 1 is 1.00 bits per heavy atom. The van der Waals surface area contributed by atoms with Crippen LogP contribution in [0.1, 0.15) is 5.56 Å². The van der Waals surface area contributed by atoms with Gasteiger partial charge in [0.25, 0.3) is 0 Å². The lowest BCUT2D eigenvalue weighted by Crippen LogP contribution is -1.89. The first-order valence-electron chi connectivity index (χ1n) is 4.82. The van der Waals surface area contributed by atoms with Crippen LogP contribution >= 0.6 is 34.8 Å². The summed E-state index contributed by atoms with van der Waals surface area (Å²) in [6, 6.07) is 6.81. The van der Waals surface area contributed by atoms with E-state index in [9.17, 15) is 0 Å². The number of aromatic nitrogens is 1. The average molecular weight is 289 g/mol. The molecule has 1 N–H and O–H groups in total. The van der Waals surface area contributed by atoms with Crippen LogP contribution in [0.2, 0.25) is 15.1 Å². The number of aliphatic hydroxyl groups excluding tert-OH is 1. The number of hydrogen-bond acceptors (Lipinski definition) is 2. The van der Waals surface area contributed by atoms with Crippen molar-refractivity contribution >= 4 is 34.8 Å². The van der Waals surface area contributed by atoms with Crippen molar-refractivity contribution in [3.8, 4) is 11.3 Å². The predicted octanol–water partition coefficient (Wildman–Crippen LogP) is 4.20. The summed E-state index contributed by atoms with van der Waals surface area (Å²) in [4.78, 5) is 4.21. The molecular formula is C12H8Cl3NO. The van der Waals surface area contributed by atoms with Gasteiger partial charge in [-0.3, -0.25) is 4.98 Å². The van der Waals surface area contributed by atoms with Gasteiger partial charge >= 0.3 is 0 Å². The maximum atomic E-state index is 8.93. The molecule has 2 rings (SSSR count). The van der Waals surface area contributed by atoms with E-state index in [2.05, 4.69) is 4.98 Å². The third kappa shape index (κ3) is 2.72. The maximum Gasteiger partial charge on any atom is 0.0717 e. The Morgan fingerprint density at radius 3 is 2.29 bits per heavy atom. The van der Waals surface area contributed by atoms with Crippen molar-refractivity contribution < 1.29 is 5.11 Å². The topological polar surface area (TPSA) is 33.1 Å². The van der Waals surface area contributed by atoms with E-state index < -0.39 is 0 Å². The summed E-state index contributed by atoms with van der Waals surface area (Å²) in [6.45, 7) is -0.0393. The summed E-state index contributed by atoms with van der Waals surface area (Å²) >= 11 is 17.9. The fraction of sp³-hybridized carbons (Fsp3) is 0.0833. The zero-order valence-electron chi connectivity index (χ0n) is 8.62. The Hall–Kier alpha value is -0.800. The molecule has 2 nitrogen and oxygen atoms in total. The highest BCUT2D eigenvalue weighted by molar-refractivity contribution is 6.44. The van der Waals surface area contributed by atoms with E-state index in [1.165, 1.54) is 0 Å². The van der Waals surface area contributed by atoms with Crippen LogP contribution in [0.15, 0.2) is 30.5 Å². The number of hydrogen-bond donors (Lipinski definition) is 1. The lowest BCUT2D eigenvalue weighted by Gasteiger charge is -2.06. The minimum Gasteiger partial charge on any atom is -0.392 e. The van der Waals surface area contributed by atoms with Crippen molar-refractivity contribution in [2.75, 3.05) is 0 Å². The van der Waals surface area contributed by atoms with E-state index in [1.54, 1.807) is 30.5 Å². The number of halogens is 3. The van der Waals surface area contributed by atoms with Crippen LogP contribution in [0, 0.1) is 0 Å². The Kier molecular flexibility index (Phi) is 3.89. The molecule has 1 aromatic heterocycles. The van der Waals surface area contributed by atoms with Crippen LogP contribution in [0.5, 0.6) is 0 Å². The molecule has 0 aliphatic carbocycles. The van der Waals surface area contributed by atoms with Gasteiger partial charge in [0, 0.05) is 11.8 Å². The highest BCUT2D eigenvalue weighted by Gasteiger charge is 2.09. The van der Waals surface area contributed by atoms with Crippen LogP contribution in [0.25, 0.3) is 11.3 Å². The van der Waals surface area contributed by atoms with Crippen molar-refractivity contribution in [1.82, 2.24) is 4.98 Å².